The maximum atomic E-state index is 11.4. The molecule has 1 aromatic carbocycles. The van der Waals surface area contributed by atoms with Crippen molar-refractivity contribution in [1.29, 1.82) is 0 Å². The van der Waals surface area contributed by atoms with Gasteiger partial charge >= 0.3 is 5.97 Å². The van der Waals surface area contributed by atoms with Crippen molar-refractivity contribution in [2.75, 3.05) is 6.61 Å². The Bertz CT molecular complexity index is 672. The number of carboxylic acid groups (broad SMARTS) is 1. The molecule has 6 heteroatoms. The molecule has 0 amide bonds. The first-order chi connectivity index (χ1) is 12.4. The van der Waals surface area contributed by atoms with E-state index in [0.717, 1.165) is 16.9 Å². The zero-order chi connectivity index (χ0) is 20.8. The van der Waals surface area contributed by atoms with E-state index in [1.807, 2.05) is 25.1 Å². The number of rotatable bonds is 9. The first kappa shape index (κ1) is 23.2. The molecule has 5 nitrogen and oxygen atoms in total. The summed E-state index contributed by atoms with van der Waals surface area (Å²) in [4.78, 5) is 11.4. The second kappa shape index (κ2) is 9.42. The summed E-state index contributed by atoms with van der Waals surface area (Å²) in [6.07, 6.45) is 1.32. The Morgan fingerprint density at radius 3 is 2.37 bits per heavy atom. The van der Waals surface area contributed by atoms with Gasteiger partial charge in [-0.2, -0.15) is 0 Å². The first-order valence-electron chi connectivity index (χ1n) is 9.38. The predicted octanol–water partition coefficient (Wildman–Crippen LogP) is 5.46. The monoisotopic (exact) mass is 394 g/mol. The highest BCUT2D eigenvalue weighted by molar-refractivity contribution is 6.74. The Kier molecular flexibility index (Phi) is 8.11. The SMILES string of the molecule is CCOc1ccc(/C=C(/OC(C)C)C(=O)O)cc1CO[Si](C)(C)C(C)(C)C. The summed E-state index contributed by atoms with van der Waals surface area (Å²) in [5.41, 5.74) is 1.65. The van der Waals surface area contributed by atoms with E-state index in [9.17, 15) is 9.90 Å². The molecule has 0 aliphatic rings. The fourth-order valence-corrected chi connectivity index (χ4v) is 3.07. The first-order valence-corrected chi connectivity index (χ1v) is 12.3. The summed E-state index contributed by atoms with van der Waals surface area (Å²) in [7, 11) is -1.91. The van der Waals surface area contributed by atoms with Gasteiger partial charge in [-0.25, -0.2) is 4.79 Å². The minimum absolute atomic E-state index is 0.0783. The summed E-state index contributed by atoms with van der Waals surface area (Å²) in [6, 6.07) is 5.59. The average molecular weight is 395 g/mol. The van der Waals surface area contributed by atoms with Crippen LogP contribution in [0.4, 0.5) is 0 Å². The molecule has 1 rings (SSSR count). The summed E-state index contributed by atoms with van der Waals surface area (Å²) < 4.78 is 17.5. The van der Waals surface area contributed by atoms with Crippen LogP contribution in [-0.4, -0.2) is 32.1 Å². The van der Waals surface area contributed by atoms with Crippen LogP contribution in [0.25, 0.3) is 6.08 Å². The number of carbonyl (C=O) groups is 1. The van der Waals surface area contributed by atoms with Crippen LogP contribution in [0, 0.1) is 0 Å². The fourth-order valence-electron chi connectivity index (χ4n) is 2.12. The number of hydrogen-bond acceptors (Lipinski definition) is 4. The van der Waals surface area contributed by atoms with Crippen LogP contribution in [0.5, 0.6) is 5.75 Å². The molecule has 0 fully saturated rings. The number of benzene rings is 1. The summed E-state index contributed by atoms with van der Waals surface area (Å²) in [5, 5.41) is 9.46. The number of aliphatic carboxylic acids is 1. The molecule has 0 heterocycles. The summed E-state index contributed by atoms with van der Waals surface area (Å²) >= 11 is 0. The van der Waals surface area contributed by atoms with Crippen LogP contribution >= 0.6 is 0 Å². The van der Waals surface area contributed by atoms with Crippen LogP contribution in [0.2, 0.25) is 18.1 Å². The molecular formula is C21H34O5Si. The third kappa shape index (κ3) is 7.03. The lowest BCUT2D eigenvalue weighted by molar-refractivity contribution is -0.137. The largest absolute Gasteiger partial charge is 0.494 e. The molecule has 0 aromatic heterocycles. The van der Waals surface area contributed by atoms with Crippen LogP contribution in [0.3, 0.4) is 0 Å². The second-order valence-electron chi connectivity index (χ2n) is 8.33. The Hall–Kier alpha value is -1.79. The summed E-state index contributed by atoms with van der Waals surface area (Å²) in [5.74, 6) is -0.405. The van der Waals surface area contributed by atoms with E-state index in [1.54, 1.807) is 13.8 Å². The van der Waals surface area contributed by atoms with Crippen molar-refractivity contribution in [3.8, 4) is 5.75 Å². The van der Waals surface area contributed by atoms with E-state index in [2.05, 4.69) is 33.9 Å². The van der Waals surface area contributed by atoms with Gasteiger partial charge in [0.15, 0.2) is 8.32 Å². The van der Waals surface area contributed by atoms with Crippen molar-refractivity contribution in [1.82, 2.24) is 0 Å². The van der Waals surface area contributed by atoms with Gasteiger partial charge in [0.1, 0.15) is 5.75 Å². The van der Waals surface area contributed by atoms with Gasteiger partial charge in [-0.05, 0) is 62.7 Å². The van der Waals surface area contributed by atoms with Crippen molar-refractivity contribution in [3.05, 3.63) is 35.1 Å². The smallest absolute Gasteiger partial charge is 0.371 e. The number of ether oxygens (including phenoxy) is 2. The highest BCUT2D eigenvalue weighted by Crippen LogP contribution is 2.37. The molecular weight excluding hydrogens is 360 g/mol. The number of carboxylic acids is 1. The van der Waals surface area contributed by atoms with E-state index in [1.165, 1.54) is 6.08 Å². The molecule has 0 saturated heterocycles. The zero-order valence-corrected chi connectivity index (χ0v) is 18.9. The van der Waals surface area contributed by atoms with Crippen molar-refractivity contribution in [3.63, 3.8) is 0 Å². The maximum absolute atomic E-state index is 11.4. The molecule has 0 radical (unpaired) electrons. The van der Waals surface area contributed by atoms with E-state index >= 15 is 0 Å². The quantitative estimate of drug-likeness (QED) is 0.342. The molecule has 0 bridgehead atoms. The molecule has 0 unspecified atom stereocenters. The second-order valence-corrected chi connectivity index (χ2v) is 13.1. The van der Waals surface area contributed by atoms with Gasteiger partial charge in [0.25, 0.3) is 0 Å². The summed E-state index contributed by atoms with van der Waals surface area (Å²) in [6.45, 7) is 17.5. The normalized spacial score (nSPS) is 13.0. The molecule has 0 aliphatic carbocycles. The Balaban J connectivity index is 3.18. The van der Waals surface area contributed by atoms with Crippen LogP contribution in [0.1, 0.15) is 52.7 Å². The van der Waals surface area contributed by atoms with Gasteiger partial charge < -0.3 is 19.0 Å². The lowest BCUT2D eigenvalue weighted by atomic mass is 10.1. The zero-order valence-electron chi connectivity index (χ0n) is 17.9. The van der Waals surface area contributed by atoms with E-state index in [0.29, 0.717) is 13.2 Å². The lowest BCUT2D eigenvalue weighted by Crippen LogP contribution is -2.40. The van der Waals surface area contributed by atoms with E-state index < -0.39 is 14.3 Å². The van der Waals surface area contributed by atoms with Crippen LogP contribution in [-0.2, 0) is 20.6 Å². The van der Waals surface area contributed by atoms with Crippen LogP contribution < -0.4 is 4.74 Å². The fraction of sp³-hybridized carbons (Fsp3) is 0.571. The molecule has 0 atom stereocenters. The third-order valence-electron chi connectivity index (χ3n) is 4.65. The Labute approximate surface area is 164 Å². The lowest BCUT2D eigenvalue weighted by Gasteiger charge is -2.36. The minimum Gasteiger partial charge on any atom is -0.494 e. The minimum atomic E-state index is -1.91. The molecule has 1 N–H and O–H groups in total. The van der Waals surface area contributed by atoms with Crippen molar-refractivity contribution < 1.29 is 23.8 Å². The van der Waals surface area contributed by atoms with Crippen molar-refractivity contribution in [2.24, 2.45) is 0 Å². The van der Waals surface area contributed by atoms with Gasteiger partial charge in [-0.15, -0.1) is 0 Å². The highest BCUT2D eigenvalue weighted by atomic mass is 28.4. The highest BCUT2D eigenvalue weighted by Gasteiger charge is 2.37. The maximum Gasteiger partial charge on any atom is 0.371 e. The van der Waals surface area contributed by atoms with Gasteiger partial charge in [0.05, 0.1) is 19.3 Å². The molecule has 0 aliphatic heterocycles. The van der Waals surface area contributed by atoms with Crippen molar-refractivity contribution in [2.45, 2.75) is 72.4 Å². The molecule has 0 spiro atoms. The average Bonchev–Trinajstić information content (AvgIpc) is 2.52. The third-order valence-corrected chi connectivity index (χ3v) is 9.13. The Morgan fingerprint density at radius 2 is 1.89 bits per heavy atom. The number of hydrogen-bond donors (Lipinski definition) is 1. The van der Waals surface area contributed by atoms with Gasteiger partial charge in [-0.3, -0.25) is 0 Å². The van der Waals surface area contributed by atoms with Gasteiger partial charge in [0, 0.05) is 5.56 Å². The molecule has 1 aromatic rings. The Morgan fingerprint density at radius 1 is 1.26 bits per heavy atom. The standard InChI is InChI=1S/C21H34O5Si/c1-9-24-18-11-10-16(13-19(20(22)23)26-15(2)3)12-17(18)14-25-27(7,8)21(4,5)6/h10-13,15H,9,14H2,1-8H3,(H,22,23)/b19-13+. The molecule has 152 valence electrons. The molecule has 0 saturated carbocycles. The molecule has 27 heavy (non-hydrogen) atoms. The van der Waals surface area contributed by atoms with Crippen LogP contribution in [0.15, 0.2) is 24.0 Å². The van der Waals surface area contributed by atoms with Gasteiger partial charge in [-0.1, -0.05) is 26.8 Å². The van der Waals surface area contributed by atoms with E-state index in [-0.39, 0.29) is 16.9 Å². The van der Waals surface area contributed by atoms with Crippen molar-refractivity contribution >= 4 is 20.4 Å². The van der Waals surface area contributed by atoms with E-state index in [4.69, 9.17) is 13.9 Å². The van der Waals surface area contributed by atoms with Gasteiger partial charge in [0.2, 0.25) is 5.76 Å². The predicted molar refractivity (Wildman–Crippen MR) is 111 cm³/mol. The topological polar surface area (TPSA) is 65.0 Å².